The highest BCUT2D eigenvalue weighted by molar-refractivity contribution is 5.93. The van der Waals surface area contributed by atoms with Gasteiger partial charge in [0, 0.05) is 39.4 Å². The van der Waals surface area contributed by atoms with E-state index in [1.807, 2.05) is 0 Å². The molecule has 0 unspecified atom stereocenters. The topological polar surface area (TPSA) is 62.7 Å². The monoisotopic (exact) mass is 353 g/mol. The third kappa shape index (κ3) is 3.49. The summed E-state index contributed by atoms with van der Waals surface area (Å²) in [5.74, 6) is -3.99. The molecule has 0 aliphatic carbocycles. The van der Waals surface area contributed by atoms with E-state index in [2.05, 4.69) is 4.98 Å². The molecular weight excluding hydrogens is 332 g/mol. The van der Waals surface area contributed by atoms with Crippen LogP contribution in [0.4, 0.5) is 8.78 Å². The van der Waals surface area contributed by atoms with Crippen molar-refractivity contribution in [1.29, 1.82) is 0 Å². The standard InChI is InChI=1S/C17H21F2N3O3/c1-25-9-8-21-7-5-16(15(21)24)10-17(18,19)12-22(11-16)14(23)13-4-2-3-6-20-13/h2-4,6H,5,7-12H2,1H3/t16-/m0/s1. The van der Waals surface area contributed by atoms with Gasteiger partial charge in [-0.3, -0.25) is 14.6 Å². The fraction of sp³-hybridized carbons (Fsp3) is 0.588. The zero-order valence-corrected chi connectivity index (χ0v) is 14.1. The highest BCUT2D eigenvalue weighted by Gasteiger charge is 2.57. The summed E-state index contributed by atoms with van der Waals surface area (Å²) < 4.78 is 33.7. The molecule has 0 saturated carbocycles. The first-order valence-corrected chi connectivity index (χ1v) is 8.23. The van der Waals surface area contributed by atoms with E-state index in [1.54, 1.807) is 17.0 Å². The molecule has 3 heterocycles. The second kappa shape index (κ2) is 6.67. The Morgan fingerprint density at radius 3 is 2.84 bits per heavy atom. The van der Waals surface area contributed by atoms with Crippen molar-refractivity contribution in [3.8, 4) is 0 Å². The molecule has 6 nitrogen and oxygen atoms in total. The van der Waals surface area contributed by atoms with Crippen LogP contribution in [0.5, 0.6) is 0 Å². The summed E-state index contributed by atoms with van der Waals surface area (Å²) >= 11 is 0. The van der Waals surface area contributed by atoms with Crippen molar-refractivity contribution in [3.05, 3.63) is 30.1 Å². The molecule has 2 fully saturated rings. The van der Waals surface area contributed by atoms with Gasteiger partial charge in [0.25, 0.3) is 11.8 Å². The van der Waals surface area contributed by atoms with Crippen LogP contribution in [-0.2, 0) is 9.53 Å². The van der Waals surface area contributed by atoms with E-state index in [0.29, 0.717) is 26.1 Å². The minimum Gasteiger partial charge on any atom is -0.383 e. The van der Waals surface area contributed by atoms with Gasteiger partial charge in [-0.15, -0.1) is 0 Å². The molecule has 1 atom stereocenters. The number of carbonyl (C=O) groups is 2. The van der Waals surface area contributed by atoms with Gasteiger partial charge in [-0.25, -0.2) is 8.78 Å². The van der Waals surface area contributed by atoms with Crippen LogP contribution in [0.25, 0.3) is 0 Å². The van der Waals surface area contributed by atoms with Gasteiger partial charge in [0.1, 0.15) is 5.69 Å². The molecule has 136 valence electrons. The molecule has 0 radical (unpaired) electrons. The molecule has 1 spiro atoms. The Bertz CT molecular complexity index is 656. The van der Waals surface area contributed by atoms with Crippen molar-refractivity contribution in [3.63, 3.8) is 0 Å². The molecular formula is C17H21F2N3O3. The molecule has 0 bridgehead atoms. The summed E-state index contributed by atoms with van der Waals surface area (Å²) in [7, 11) is 1.53. The van der Waals surface area contributed by atoms with Crippen molar-refractivity contribution in [2.75, 3.05) is 39.9 Å². The number of methoxy groups -OCH3 is 1. The molecule has 1 aromatic rings. The number of piperidine rings is 1. The molecule has 2 aliphatic heterocycles. The van der Waals surface area contributed by atoms with Crippen LogP contribution < -0.4 is 0 Å². The predicted molar refractivity (Wildman–Crippen MR) is 85.2 cm³/mol. The normalized spacial score (nSPS) is 25.6. The van der Waals surface area contributed by atoms with E-state index in [1.165, 1.54) is 19.4 Å². The van der Waals surface area contributed by atoms with Gasteiger partial charge < -0.3 is 14.5 Å². The fourth-order valence-electron chi connectivity index (χ4n) is 3.72. The summed E-state index contributed by atoms with van der Waals surface area (Å²) in [4.78, 5) is 31.9. The van der Waals surface area contributed by atoms with Gasteiger partial charge in [-0.2, -0.15) is 0 Å². The van der Waals surface area contributed by atoms with Crippen LogP contribution >= 0.6 is 0 Å². The van der Waals surface area contributed by atoms with E-state index in [9.17, 15) is 18.4 Å². The lowest BCUT2D eigenvalue weighted by atomic mass is 9.77. The Balaban J connectivity index is 1.82. The van der Waals surface area contributed by atoms with Crippen LogP contribution in [0.15, 0.2) is 24.4 Å². The SMILES string of the molecule is COCCN1CC[C@]2(CN(C(=O)c3ccccn3)CC(F)(F)C2)C1=O. The van der Waals surface area contributed by atoms with Crippen LogP contribution in [0.1, 0.15) is 23.3 Å². The Morgan fingerprint density at radius 2 is 2.16 bits per heavy atom. The highest BCUT2D eigenvalue weighted by atomic mass is 19.3. The predicted octanol–water partition coefficient (Wildman–Crippen LogP) is 1.43. The maximum Gasteiger partial charge on any atom is 0.272 e. The molecule has 2 aliphatic rings. The minimum atomic E-state index is -3.10. The van der Waals surface area contributed by atoms with Gasteiger partial charge in [-0.05, 0) is 18.6 Å². The summed E-state index contributed by atoms with van der Waals surface area (Å²) in [6.45, 7) is 0.450. The number of ether oxygens (including phenoxy) is 1. The highest BCUT2D eigenvalue weighted by Crippen LogP contribution is 2.45. The number of pyridine rings is 1. The van der Waals surface area contributed by atoms with Crippen molar-refractivity contribution in [1.82, 2.24) is 14.8 Å². The smallest absolute Gasteiger partial charge is 0.272 e. The van der Waals surface area contributed by atoms with E-state index in [4.69, 9.17) is 4.74 Å². The Labute approximate surface area is 144 Å². The Hall–Kier alpha value is -2.09. The zero-order chi connectivity index (χ0) is 18.1. The van der Waals surface area contributed by atoms with E-state index in [-0.39, 0.29) is 18.1 Å². The Morgan fingerprint density at radius 1 is 1.36 bits per heavy atom. The van der Waals surface area contributed by atoms with Crippen molar-refractivity contribution >= 4 is 11.8 Å². The van der Waals surface area contributed by atoms with E-state index < -0.39 is 30.2 Å². The van der Waals surface area contributed by atoms with Gasteiger partial charge in [0.05, 0.1) is 18.6 Å². The molecule has 3 rings (SSSR count). The Kier molecular flexibility index (Phi) is 4.73. The van der Waals surface area contributed by atoms with Gasteiger partial charge in [-0.1, -0.05) is 6.07 Å². The first-order chi connectivity index (χ1) is 11.9. The second-order valence-corrected chi connectivity index (χ2v) is 6.72. The van der Waals surface area contributed by atoms with Crippen molar-refractivity contribution < 1.29 is 23.1 Å². The van der Waals surface area contributed by atoms with Gasteiger partial charge in [0.2, 0.25) is 5.91 Å². The first kappa shape index (κ1) is 17.7. The summed E-state index contributed by atoms with van der Waals surface area (Å²) in [6.07, 6.45) is 1.24. The molecule has 0 aromatic carbocycles. The largest absolute Gasteiger partial charge is 0.383 e. The van der Waals surface area contributed by atoms with Crippen LogP contribution in [0.2, 0.25) is 0 Å². The van der Waals surface area contributed by atoms with E-state index >= 15 is 0 Å². The molecule has 8 heteroatoms. The number of amides is 2. The maximum absolute atomic E-state index is 14.4. The number of carbonyl (C=O) groups excluding carboxylic acids is 2. The second-order valence-electron chi connectivity index (χ2n) is 6.72. The van der Waals surface area contributed by atoms with Gasteiger partial charge in [0.15, 0.2) is 0 Å². The minimum absolute atomic E-state index is 0.000311. The number of likely N-dealkylation sites (tertiary alicyclic amines) is 2. The van der Waals surface area contributed by atoms with Crippen LogP contribution in [0, 0.1) is 5.41 Å². The third-order valence-corrected chi connectivity index (χ3v) is 4.85. The number of hydrogen-bond acceptors (Lipinski definition) is 4. The molecule has 1 aromatic heterocycles. The lowest BCUT2D eigenvalue weighted by molar-refractivity contribution is -0.151. The van der Waals surface area contributed by atoms with Crippen LogP contribution in [0.3, 0.4) is 0 Å². The number of aromatic nitrogens is 1. The average molecular weight is 353 g/mol. The molecule has 25 heavy (non-hydrogen) atoms. The summed E-state index contributed by atoms with van der Waals surface area (Å²) in [6, 6.07) is 4.77. The quantitative estimate of drug-likeness (QED) is 0.822. The number of nitrogens with zero attached hydrogens (tertiary/aromatic N) is 3. The van der Waals surface area contributed by atoms with Gasteiger partial charge >= 0.3 is 0 Å². The molecule has 2 saturated heterocycles. The number of rotatable bonds is 4. The van der Waals surface area contributed by atoms with Crippen molar-refractivity contribution in [2.45, 2.75) is 18.8 Å². The van der Waals surface area contributed by atoms with Crippen molar-refractivity contribution in [2.24, 2.45) is 5.41 Å². The summed E-state index contributed by atoms with van der Waals surface area (Å²) in [5.41, 5.74) is -1.11. The average Bonchev–Trinajstić information content (AvgIpc) is 2.87. The number of alkyl halides is 2. The third-order valence-electron chi connectivity index (χ3n) is 4.85. The summed E-state index contributed by atoms with van der Waals surface area (Å²) in [5, 5.41) is 0. The lowest BCUT2D eigenvalue weighted by Crippen LogP contribution is -2.57. The fourth-order valence-corrected chi connectivity index (χ4v) is 3.72. The number of hydrogen-bond donors (Lipinski definition) is 0. The maximum atomic E-state index is 14.4. The molecule has 2 amide bonds. The van der Waals surface area contributed by atoms with E-state index in [0.717, 1.165) is 4.90 Å². The molecule has 0 N–H and O–H groups in total. The first-order valence-electron chi connectivity index (χ1n) is 8.23. The van der Waals surface area contributed by atoms with Crippen LogP contribution in [-0.4, -0.2) is 72.4 Å². The zero-order valence-electron chi connectivity index (χ0n) is 14.1. The lowest BCUT2D eigenvalue weighted by Gasteiger charge is -2.42. The number of halogens is 2.